The number of Topliss-reactive ketones (excluding diaryl/α,β-unsaturated/α-hetero) is 1. The lowest BCUT2D eigenvalue weighted by Crippen LogP contribution is -2.41. The first kappa shape index (κ1) is 128. The number of fused-ring (bicyclic) bond motifs is 3. The molecule has 12 heterocycles. The van der Waals surface area contributed by atoms with Gasteiger partial charge in [-0.15, -0.1) is 22.7 Å². The minimum absolute atomic E-state index is 0.0492. The molecular weight excluding hydrogens is 2230 g/mol. The average Bonchev–Trinajstić information content (AvgIpc) is 1.64. The van der Waals surface area contributed by atoms with Crippen LogP contribution in [-0.4, -0.2) is 243 Å². The van der Waals surface area contributed by atoms with E-state index in [4.69, 9.17) is 110 Å². The van der Waals surface area contributed by atoms with Gasteiger partial charge in [-0.3, -0.25) is 19.7 Å². The van der Waals surface area contributed by atoms with Crippen LogP contribution in [-0.2, 0) is 74.4 Å². The van der Waals surface area contributed by atoms with Gasteiger partial charge in [0.2, 0.25) is 0 Å². The number of methoxy groups -OCH3 is 3. The maximum absolute atomic E-state index is 13.5. The number of ketones is 1. The van der Waals surface area contributed by atoms with E-state index in [1.165, 1.54) is 101 Å². The molecule has 816 valence electrons. The highest BCUT2D eigenvalue weighted by Gasteiger charge is 2.52. The summed E-state index contributed by atoms with van der Waals surface area (Å²) in [6.07, 6.45) is 5.70. The zero-order valence-corrected chi connectivity index (χ0v) is 98.2. The molecule has 1 aromatic carbocycles. The third kappa shape index (κ3) is 47.3. The van der Waals surface area contributed by atoms with Crippen LogP contribution >= 0.6 is 134 Å². The van der Waals surface area contributed by atoms with E-state index in [2.05, 4.69) is 66.8 Å². The fourth-order valence-electron chi connectivity index (χ4n) is 11.7. The molecule has 0 saturated carbocycles. The van der Waals surface area contributed by atoms with E-state index in [1.807, 2.05) is 175 Å². The van der Waals surface area contributed by atoms with E-state index in [0.29, 0.717) is 154 Å². The Morgan fingerprint density at radius 3 is 1.34 bits per heavy atom. The van der Waals surface area contributed by atoms with Crippen LogP contribution in [0.15, 0.2) is 125 Å². The number of carboxylic acid groups (broad SMARTS) is 1. The number of aromatic carboxylic acids is 1. The quantitative estimate of drug-likeness (QED) is 0.00931. The van der Waals surface area contributed by atoms with Crippen LogP contribution in [0.2, 0.25) is 8.67 Å². The smallest absolute Gasteiger partial charge is 0.482 e. The standard InChI is InChI=1S/C20H18BrF2N3O2S.C17H28O5S.C15H20N2O4S.C12H17BrO4S.C12H18O4S.C11H15ClO3S.C9H15BN2O2.C5H3ClO2S/c21-14-10-25-26-3-4-28-20-13(19(14)26)8-18(29-20)17(27)7-12(9-24)5-11-1-2-15(22)16(23)6-11;1-16(2,3)21-11-9-19-14-8-7-13(23-14)15(18)20-10-12-22-17(4,5)6;1-15(2,3)21-8-7-20-14-10(11-5-6-16-17-11)9-12(22-14)13(18)19-4;1-12(2,3)17-6-5-16-11-8(13)7-9(18-11)10(14)15-4;1-12(2,3)16-8-7-15-10-6-5-9(17-10)11(13)14-4;1-11(2,3)15-7-6-14-10(13)8-4-5-9(12)16-8;1-8(2)9(3,4)14-10(13-8)7-5-6-11-12-7;6-4-2-1-3(9-4)5(7)8/h1-2,6,8,10,12H,3-5,7,9,24H2;7-8H,9-12H2,1-6H3;5-6,9H,7-8H2,1-4H3,(H,16,17);7H,5-6H2,1-4H3;5-6H,7-8H2,1-4H3;4-5H,6-7H2,1-3H3;5-6H,1-4H3,(H,11,12);1-2H,(H,7,8)/t12-;;;;;;;/m1......./s1. The summed E-state index contributed by atoms with van der Waals surface area (Å²) in [6.45, 7) is 50.2. The molecular formula is C101H134BBr2Cl2F2N7O26S7. The number of hydrogen-bond donors (Lipinski definition) is 4. The molecule has 0 unspecified atom stereocenters. The van der Waals surface area contributed by atoms with Gasteiger partial charge in [-0.1, -0.05) is 86.0 Å². The molecule has 1 atom stereocenters. The van der Waals surface area contributed by atoms with Crippen molar-refractivity contribution in [3.63, 3.8) is 0 Å². The summed E-state index contributed by atoms with van der Waals surface area (Å²) >= 11 is 26.6. The van der Waals surface area contributed by atoms with Crippen molar-refractivity contribution in [2.45, 2.75) is 217 Å². The summed E-state index contributed by atoms with van der Waals surface area (Å²) in [5.74, 6) is -4.72. The lowest BCUT2D eigenvalue weighted by molar-refractivity contribution is -0.0280. The van der Waals surface area contributed by atoms with Gasteiger partial charge in [-0.05, 0) is 300 Å². The first-order valence-corrected chi connectivity index (χ1v) is 54.6. The van der Waals surface area contributed by atoms with Crippen LogP contribution < -0.4 is 35.0 Å². The van der Waals surface area contributed by atoms with Crippen LogP contribution in [0.5, 0.6) is 25.3 Å². The highest BCUT2D eigenvalue weighted by atomic mass is 79.9. The molecule has 0 aliphatic carbocycles. The fraction of sp³-hybridized carbons (Fsp3) is 0.505. The third-order valence-corrected chi connectivity index (χ3v) is 28.2. The van der Waals surface area contributed by atoms with Crippen LogP contribution in [0.1, 0.15) is 232 Å². The molecule has 1 saturated heterocycles. The summed E-state index contributed by atoms with van der Waals surface area (Å²) in [5, 5.41) is 29.6. The van der Waals surface area contributed by atoms with Crippen molar-refractivity contribution in [1.29, 1.82) is 0 Å². The van der Waals surface area contributed by atoms with E-state index >= 15 is 0 Å². The Hall–Kier alpha value is -8.66. The molecule has 0 amide bonds. The Morgan fingerprint density at radius 2 is 0.905 bits per heavy atom. The van der Waals surface area contributed by atoms with Crippen LogP contribution in [0.3, 0.4) is 0 Å². The zero-order chi connectivity index (χ0) is 110. The second-order valence-electron chi connectivity index (χ2n) is 38.7. The Labute approximate surface area is 918 Å². The Balaban J connectivity index is 0.000000263. The largest absolute Gasteiger partial charge is 0.513 e. The Kier molecular flexibility index (Phi) is 52.5. The van der Waals surface area contributed by atoms with Gasteiger partial charge in [0.05, 0.1) is 169 Å². The number of aromatic amines is 2. The van der Waals surface area contributed by atoms with E-state index in [1.54, 1.807) is 73.2 Å². The second-order valence-corrected chi connectivity index (χ2v) is 49.0. The Morgan fingerprint density at radius 1 is 0.480 bits per heavy atom. The maximum Gasteiger partial charge on any atom is 0.513 e. The Bertz CT molecular complexity index is 5900. The molecule has 10 aromatic heterocycles. The fourth-order valence-corrected chi connectivity index (χ4v) is 19.2. The van der Waals surface area contributed by atoms with Crippen molar-refractivity contribution in [3.05, 3.63) is 185 Å². The van der Waals surface area contributed by atoms with Crippen LogP contribution in [0.4, 0.5) is 8.78 Å². The molecule has 2 aliphatic rings. The number of carbonyl (C=O) groups excluding carboxylic acids is 6. The van der Waals surface area contributed by atoms with Gasteiger partial charge in [0.1, 0.15) is 75.5 Å². The second kappa shape index (κ2) is 60.7. The van der Waals surface area contributed by atoms with Gasteiger partial charge < -0.3 is 95.9 Å². The number of esters is 5. The molecule has 2 aliphatic heterocycles. The predicted octanol–water partition coefficient (Wildman–Crippen LogP) is 23.9. The predicted molar refractivity (Wildman–Crippen MR) is 584 cm³/mol. The monoisotopic (exact) mass is 2360 g/mol. The number of hydrogen-bond acceptors (Lipinski definition) is 36. The number of nitrogens with one attached hydrogen (secondary N) is 2. The van der Waals surface area contributed by atoms with Gasteiger partial charge in [0, 0.05) is 18.8 Å². The number of rotatable bonds is 36. The van der Waals surface area contributed by atoms with Crippen molar-refractivity contribution in [2.75, 3.05) is 114 Å². The molecule has 0 spiro atoms. The first-order chi connectivity index (χ1) is 69.2. The number of nitrogens with zero attached hydrogens (tertiary/aromatic N) is 4. The van der Waals surface area contributed by atoms with E-state index in [9.17, 15) is 42.3 Å². The number of nitrogens with two attached hydrogens (primary N) is 1. The molecule has 47 heteroatoms. The van der Waals surface area contributed by atoms with Crippen molar-refractivity contribution >= 4 is 189 Å². The molecule has 0 bridgehead atoms. The highest BCUT2D eigenvalue weighted by Crippen LogP contribution is 2.45. The normalized spacial score (nSPS) is 13.1. The summed E-state index contributed by atoms with van der Waals surface area (Å²) in [7, 11) is 3.74. The lowest BCUT2D eigenvalue weighted by atomic mass is 9.85. The molecule has 0 radical (unpaired) electrons. The average molecular weight is 2370 g/mol. The van der Waals surface area contributed by atoms with Crippen LogP contribution in [0.25, 0.3) is 22.5 Å². The number of benzene rings is 1. The highest BCUT2D eigenvalue weighted by molar-refractivity contribution is 9.11. The van der Waals surface area contributed by atoms with Gasteiger partial charge in [-0.25, -0.2) is 37.5 Å². The number of thiophene rings is 7. The first-order valence-electron chi connectivity index (χ1n) is 46.5. The minimum Gasteiger partial charge on any atom is -0.482 e. The number of aromatic nitrogens is 6. The number of halogens is 6. The molecule has 11 aromatic rings. The third-order valence-electron chi connectivity index (χ3n) is 19.3. The SMILES string of the molecule is CC(C)(C)OCCOC(=O)c1ccc(Cl)s1.CC(C)(C)OCCOC(=O)c1ccc(OCCOC(C)(C)C)s1.CC1(C)OB(c2ccn[nH]2)OC1(C)C.COC(=O)c1cc(-c2ccn[nH]2)c(OCCOC(C)(C)C)s1.COC(=O)c1cc(Br)c(OCCOC(C)(C)C)s1.COC(=O)c1ccc(OCCOC(C)(C)C)s1.NC[C@@H](CC(=O)c1cc2c(s1)OCCn1ncc(Br)c1-2)Cc1ccc(F)c(F)c1.O=C(O)c1ccc(Cl)s1. The number of ether oxygens (including phenoxy) is 16. The topological polar surface area (TPSA) is 407 Å². The number of H-pyrrole nitrogens is 2. The zero-order valence-electron chi connectivity index (χ0n) is 87.8. The molecule has 148 heavy (non-hydrogen) atoms. The van der Waals surface area contributed by atoms with Crippen molar-refractivity contribution in [1.82, 2.24) is 30.2 Å². The van der Waals surface area contributed by atoms with Crippen molar-refractivity contribution in [3.8, 4) is 47.8 Å². The van der Waals surface area contributed by atoms with Crippen LogP contribution in [0, 0.1) is 17.6 Å². The minimum atomic E-state index is -0.924. The molecule has 33 nitrogen and oxygen atoms in total. The van der Waals surface area contributed by atoms with Crippen molar-refractivity contribution < 1.29 is 133 Å². The van der Waals surface area contributed by atoms with E-state index < -0.39 is 17.6 Å². The van der Waals surface area contributed by atoms with Gasteiger partial charge in [0.15, 0.2) is 42.7 Å². The van der Waals surface area contributed by atoms with Gasteiger partial charge in [0.25, 0.3) is 0 Å². The number of carbonyl (C=O) groups is 7. The summed E-state index contributed by atoms with van der Waals surface area (Å²) < 4.78 is 128. The molecule has 1 fully saturated rings. The maximum atomic E-state index is 13.5. The van der Waals surface area contributed by atoms with Gasteiger partial charge >= 0.3 is 42.9 Å². The molecule has 13 rings (SSSR count). The molecule has 5 N–H and O–H groups in total. The number of carboxylic acids is 1. The van der Waals surface area contributed by atoms with Crippen molar-refractivity contribution in [2.24, 2.45) is 11.7 Å². The summed E-state index contributed by atoms with van der Waals surface area (Å²) in [5.41, 5.74) is 8.90. The van der Waals surface area contributed by atoms with E-state index in [0.717, 1.165) is 60.5 Å². The summed E-state index contributed by atoms with van der Waals surface area (Å²) in [4.78, 5) is 84.1. The summed E-state index contributed by atoms with van der Waals surface area (Å²) in [6, 6.07) is 26.0. The van der Waals surface area contributed by atoms with E-state index in [-0.39, 0.29) is 125 Å². The lowest BCUT2D eigenvalue weighted by Gasteiger charge is -2.32. The van der Waals surface area contributed by atoms with Gasteiger partial charge in [-0.2, -0.15) is 15.3 Å².